The van der Waals surface area contributed by atoms with Gasteiger partial charge in [-0.05, 0) is 48.2 Å². The lowest BCUT2D eigenvalue weighted by molar-refractivity contribution is -0.384. The Labute approximate surface area is 184 Å². The summed E-state index contributed by atoms with van der Waals surface area (Å²) in [7, 11) is 0. The fourth-order valence-electron chi connectivity index (χ4n) is 2.70. The predicted molar refractivity (Wildman–Crippen MR) is 118 cm³/mol. The van der Waals surface area contributed by atoms with Crippen molar-refractivity contribution in [2.75, 3.05) is 0 Å². The van der Waals surface area contributed by atoms with E-state index >= 15 is 0 Å². The van der Waals surface area contributed by atoms with E-state index in [-0.39, 0.29) is 11.6 Å². The van der Waals surface area contributed by atoms with Crippen LogP contribution in [0.3, 0.4) is 0 Å². The topological polar surface area (TPSA) is 97.7 Å². The van der Waals surface area contributed by atoms with Crippen LogP contribution in [0.4, 0.5) is 11.4 Å². The summed E-state index contributed by atoms with van der Waals surface area (Å²) in [5.74, 6) is 0.390. The van der Waals surface area contributed by atoms with E-state index in [1.165, 1.54) is 6.07 Å². The molecule has 1 aliphatic rings. The zero-order chi connectivity index (χ0) is 21.3. The lowest BCUT2D eigenvalue weighted by Crippen LogP contribution is -2.19. The quantitative estimate of drug-likeness (QED) is 0.290. The second-order valence-corrected chi connectivity index (χ2v) is 7.90. The van der Waals surface area contributed by atoms with Crippen molar-refractivity contribution in [3.63, 3.8) is 0 Å². The molecule has 0 saturated carbocycles. The van der Waals surface area contributed by atoms with Gasteiger partial charge in [0, 0.05) is 12.1 Å². The van der Waals surface area contributed by atoms with Gasteiger partial charge in [0.1, 0.15) is 11.5 Å². The molecule has 0 radical (unpaired) electrons. The fourth-order valence-corrected chi connectivity index (χ4v) is 3.81. The van der Waals surface area contributed by atoms with Crippen molar-refractivity contribution in [2.24, 2.45) is 4.99 Å². The van der Waals surface area contributed by atoms with E-state index in [4.69, 9.17) is 27.6 Å². The van der Waals surface area contributed by atoms with E-state index in [1.54, 1.807) is 54.6 Å². The maximum atomic E-state index is 12.3. The van der Waals surface area contributed by atoms with Crippen molar-refractivity contribution in [3.05, 3.63) is 85.4 Å². The molecule has 30 heavy (non-hydrogen) atoms. The SMILES string of the molecule is O=C1NC(=Nc2ccc(Cl)c(Cl)c2)SC1=Cc1ccc(-c2ccccc2[N+](=O)[O-])o1. The third kappa shape index (κ3) is 4.25. The monoisotopic (exact) mass is 459 g/mol. The summed E-state index contributed by atoms with van der Waals surface area (Å²) in [6.07, 6.45) is 1.55. The van der Waals surface area contributed by atoms with Gasteiger partial charge in [0.2, 0.25) is 0 Å². The number of nitro groups is 1. The molecule has 2 aromatic carbocycles. The first kappa shape index (κ1) is 20.2. The van der Waals surface area contributed by atoms with Crippen molar-refractivity contribution in [3.8, 4) is 11.3 Å². The molecule has 2 heterocycles. The van der Waals surface area contributed by atoms with E-state index in [0.29, 0.717) is 42.9 Å². The lowest BCUT2D eigenvalue weighted by Gasteiger charge is -1.99. The Kier molecular flexibility index (Phi) is 5.63. The van der Waals surface area contributed by atoms with Gasteiger partial charge in [-0.1, -0.05) is 35.3 Å². The Bertz CT molecular complexity index is 1240. The highest BCUT2D eigenvalue weighted by Gasteiger charge is 2.25. The summed E-state index contributed by atoms with van der Waals surface area (Å²) in [6, 6.07) is 14.4. The number of hydrogen-bond acceptors (Lipinski definition) is 6. The largest absolute Gasteiger partial charge is 0.456 e. The molecule has 0 aliphatic carbocycles. The highest BCUT2D eigenvalue weighted by molar-refractivity contribution is 8.18. The van der Waals surface area contributed by atoms with Crippen molar-refractivity contribution in [2.45, 2.75) is 0 Å². The third-order valence-electron chi connectivity index (χ3n) is 4.05. The summed E-state index contributed by atoms with van der Waals surface area (Å²) >= 11 is 13.0. The molecule has 0 unspecified atom stereocenters. The van der Waals surface area contributed by atoms with Crippen LogP contribution in [0.2, 0.25) is 10.0 Å². The molecular formula is C20H11Cl2N3O4S. The summed E-state index contributed by atoms with van der Waals surface area (Å²) < 4.78 is 5.71. The minimum absolute atomic E-state index is 0.0601. The molecule has 1 saturated heterocycles. The maximum absolute atomic E-state index is 12.3. The molecule has 10 heteroatoms. The molecule has 0 spiro atoms. The number of carbonyl (C=O) groups excluding carboxylic acids is 1. The zero-order valence-corrected chi connectivity index (χ0v) is 17.3. The number of aliphatic imine (C=N–C) groups is 1. The van der Waals surface area contributed by atoms with E-state index in [9.17, 15) is 14.9 Å². The van der Waals surface area contributed by atoms with Crippen molar-refractivity contribution < 1.29 is 14.1 Å². The van der Waals surface area contributed by atoms with Crippen LogP contribution < -0.4 is 5.32 Å². The number of benzene rings is 2. The van der Waals surface area contributed by atoms with Gasteiger partial charge in [-0.3, -0.25) is 14.9 Å². The molecular weight excluding hydrogens is 449 g/mol. The summed E-state index contributed by atoms with van der Waals surface area (Å²) in [5.41, 5.74) is 0.845. The second kappa shape index (κ2) is 8.35. The Balaban J connectivity index is 1.58. The van der Waals surface area contributed by atoms with E-state index in [2.05, 4.69) is 10.3 Å². The first-order valence-electron chi connectivity index (χ1n) is 8.49. The molecule has 3 aromatic rings. The van der Waals surface area contributed by atoms with Crippen LogP contribution in [-0.2, 0) is 4.79 Å². The number of amidine groups is 1. The van der Waals surface area contributed by atoms with Gasteiger partial charge in [0.15, 0.2) is 5.17 Å². The highest BCUT2D eigenvalue weighted by Crippen LogP contribution is 2.34. The average Bonchev–Trinajstić information content (AvgIpc) is 3.31. The molecule has 0 atom stereocenters. The number of nitrogens with zero attached hydrogens (tertiary/aromatic N) is 2. The van der Waals surface area contributed by atoms with Gasteiger partial charge in [-0.25, -0.2) is 4.99 Å². The van der Waals surface area contributed by atoms with E-state index < -0.39 is 4.92 Å². The Morgan fingerprint density at radius 3 is 2.67 bits per heavy atom. The Morgan fingerprint density at radius 1 is 1.10 bits per heavy atom. The van der Waals surface area contributed by atoms with Crippen molar-refractivity contribution in [1.29, 1.82) is 0 Å². The van der Waals surface area contributed by atoms with Crippen molar-refractivity contribution in [1.82, 2.24) is 5.32 Å². The van der Waals surface area contributed by atoms with E-state index in [0.717, 1.165) is 11.8 Å². The standard InChI is InChI=1S/C20H11Cl2N3O4S/c21-14-7-5-11(9-15(14)22)23-20-24-19(26)18(30-20)10-12-6-8-17(29-12)13-3-1-2-4-16(13)25(27)28/h1-10H,(H,23,24,26). The van der Waals surface area contributed by atoms with E-state index in [1.807, 2.05) is 0 Å². The number of thioether (sulfide) groups is 1. The van der Waals surface area contributed by atoms with Crippen LogP contribution in [0.25, 0.3) is 17.4 Å². The van der Waals surface area contributed by atoms with Crippen molar-refractivity contribution >= 4 is 63.5 Å². The molecule has 1 N–H and O–H groups in total. The number of rotatable bonds is 4. The minimum Gasteiger partial charge on any atom is -0.456 e. The number of nitrogens with one attached hydrogen (secondary N) is 1. The van der Waals surface area contributed by atoms with Gasteiger partial charge >= 0.3 is 0 Å². The smallest absolute Gasteiger partial charge is 0.280 e. The number of hydrogen-bond donors (Lipinski definition) is 1. The molecule has 1 aliphatic heterocycles. The van der Waals surface area contributed by atoms with Crippen LogP contribution in [-0.4, -0.2) is 16.0 Å². The normalized spacial score (nSPS) is 16.3. The number of halogens is 2. The van der Waals surface area contributed by atoms with Crippen LogP contribution in [0.15, 0.2) is 68.9 Å². The number of nitro benzene ring substituents is 1. The third-order valence-corrected chi connectivity index (χ3v) is 5.70. The highest BCUT2D eigenvalue weighted by atomic mass is 35.5. The number of amides is 1. The summed E-state index contributed by atoms with van der Waals surface area (Å²) in [5, 5.41) is 15.0. The lowest BCUT2D eigenvalue weighted by atomic mass is 10.1. The van der Waals surface area contributed by atoms with Crippen LogP contribution >= 0.6 is 35.0 Å². The van der Waals surface area contributed by atoms with Gasteiger partial charge in [0.25, 0.3) is 11.6 Å². The van der Waals surface area contributed by atoms with Crippen LogP contribution in [0, 0.1) is 10.1 Å². The van der Waals surface area contributed by atoms with Gasteiger partial charge in [-0.2, -0.15) is 0 Å². The van der Waals surface area contributed by atoms with Crippen LogP contribution in [0.1, 0.15) is 5.76 Å². The predicted octanol–water partition coefficient (Wildman–Crippen LogP) is 6.05. The summed E-state index contributed by atoms with van der Waals surface area (Å²) in [6.45, 7) is 0. The molecule has 1 fully saturated rings. The molecule has 1 amide bonds. The van der Waals surface area contributed by atoms with Gasteiger partial charge < -0.3 is 9.73 Å². The van der Waals surface area contributed by atoms with Crippen LogP contribution in [0.5, 0.6) is 0 Å². The second-order valence-electron chi connectivity index (χ2n) is 6.06. The molecule has 1 aromatic heterocycles. The molecule has 7 nitrogen and oxygen atoms in total. The fraction of sp³-hybridized carbons (Fsp3) is 0. The molecule has 0 bridgehead atoms. The average molecular weight is 460 g/mol. The zero-order valence-electron chi connectivity index (χ0n) is 15.0. The minimum atomic E-state index is -0.470. The Morgan fingerprint density at radius 2 is 1.90 bits per heavy atom. The molecule has 150 valence electrons. The first-order valence-corrected chi connectivity index (χ1v) is 10.1. The van der Waals surface area contributed by atoms with Gasteiger partial charge in [0.05, 0.1) is 31.1 Å². The number of para-hydroxylation sites is 1. The number of carbonyl (C=O) groups is 1. The maximum Gasteiger partial charge on any atom is 0.280 e. The summed E-state index contributed by atoms with van der Waals surface area (Å²) in [4.78, 5) is 27.7. The molecule has 4 rings (SSSR count). The first-order chi connectivity index (χ1) is 14.4. The number of furan rings is 1. The van der Waals surface area contributed by atoms with Gasteiger partial charge in [-0.15, -0.1) is 0 Å². The Hall–Kier alpha value is -3.07.